The third-order valence-corrected chi connectivity index (χ3v) is 3.20. The summed E-state index contributed by atoms with van der Waals surface area (Å²) in [4.78, 5) is 13.7. The lowest BCUT2D eigenvalue weighted by Gasteiger charge is -2.21. The second kappa shape index (κ2) is 7.14. The Morgan fingerprint density at radius 3 is 2.63 bits per heavy atom. The number of nitrogens with two attached hydrogens (primary N) is 1. The number of methoxy groups -OCH3 is 1. The molecule has 1 amide bonds. The molecule has 2 N–H and O–H groups in total. The van der Waals surface area contributed by atoms with Crippen molar-refractivity contribution in [1.29, 1.82) is 0 Å². The summed E-state index contributed by atoms with van der Waals surface area (Å²) in [6, 6.07) is 5.96. The number of nitrogens with zero attached hydrogens (tertiary/aromatic N) is 1. The molecule has 0 aliphatic carbocycles. The first-order chi connectivity index (χ1) is 9.01. The molecule has 0 bridgehead atoms. The van der Waals surface area contributed by atoms with Crippen LogP contribution in [-0.4, -0.2) is 26.6 Å². The smallest absolute Gasteiger partial charge is 0.226 e. The van der Waals surface area contributed by atoms with E-state index in [1.807, 2.05) is 18.2 Å². The van der Waals surface area contributed by atoms with Crippen LogP contribution in [0.25, 0.3) is 0 Å². The Hall–Kier alpha value is -1.55. The van der Waals surface area contributed by atoms with Crippen molar-refractivity contribution in [1.82, 2.24) is 0 Å². The first-order valence-electron chi connectivity index (χ1n) is 6.65. The summed E-state index contributed by atoms with van der Waals surface area (Å²) in [5, 5.41) is 0. The van der Waals surface area contributed by atoms with Gasteiger partial charge in [0.15, 0.2) is 0 Å². The Balaban J connectivity index is 3.01. The van der Waals surface area contributed by atoms with Gasteiger partial charge in [0, 0.05) is 13.5 Å². The normalized spacial score (nSPS) is 10.6. The van der Waals surface area contributed by atoms with E-state index in [1.54, 1.807) is 19.1 Å². The van der Waals surface area contributed by atoms with Gasteiger partial charge in [-0.2, -0.15) is 0 Å². The summed E-state index contributed by atoms with van der Waals surface area (Å²) in [5.41, 5.74) is 7.44. The molecule has 0 saturated carbocycles. The Kier molecular flexibility index (Phi) is 5.83. The predicted octanol–water partition coefficient (Wildman–Crippen LogP) is 2.52. The van der Waals surface area contributed by atoms with Crippen LogP contribution in [0.3, 0.4) is 0 Å². The van der Waals surface area contributed by atoms with E-state index in [0.717, 1.165) is 5.69 Å². The molecule has 0 spiro atoms. The zero-order valence-corrected chi connectivity index (χ0v) is 12.3. The lowest BCUT2D eigenvalue weighted by Crippen LogP contribution is -2.27. The van der Waals surface area contributed by atoms with Crippen molar-refractivity contribution in [2.75, 3.05) is 25.6 Å². The van der Waals surface area contributed by atoms with Gasteiger partial charge in [-0.05, 0) is 36.6 Å². The molecule has 1 aromatic rings. The van der Waals surface area contributed by atoms with E-state index in [4.69, 9.17) is 10.5 Å². The zero-order valence-electron chi connectivity index (χ0n) is 12.3. The van der Waals surface area contributed by atoms with Crippen LogP contribution < -0.4 is 15.4 Å². The number of benzene rings is 1. The van der Waals surface area contributed by atoms with Crippen LogP contribution in [0.15, 0.2) is 18.2 Å². The van der Waals surface area contributed by atoms with Gasteiger partial charge in [-0.25, -0.2) is 0 Å². The van der Waals surface area contributed by atoms with Gasteiger partial charge in [0.25, 0.3) is 0 Å². The lowest BCUT2D eigenvalue weighted by atomic mass is 10.0. The van der Waals surface area contributed by atoms with Gasteiger partial charge < -0.3 is 15.4 Å². The highest BCUT2D eigenvalue weighted by Crippen LogP contribution is 2.31. The van der Waals surface area contributed by atoms with Gasteiger partial charge in [0.2, 0.25) is 5.91 Å². The van der Waals surface area contributed by atoms with Gasteiger partial charge in [0.1, 0.15) is 5.75 Å². The minimum atomic E-state index is 0.0599. The molecule has 0 atom stereocenters. The Bertz CT molecular complexity index is 430. The van der Waals surface area contributed by atoms with E-state index in [0.29, 0.717) is 31.1 Å². The number of hydrogen-bond acceptors (Lipinski definition) is 3. The second-order valence-corrected chi connectivity index (χ2v) is 4.93. The van der Waals surface area contributed by atoms with Crippen molar-refractivity contribution in [3.63, 3.8) is 0 Å². The maximum Gasteiger partial charge on any atom is 0.226 e. The molecule has 0 radical (unpaired) electrons. The second-order valence-electron chi connectivity index (χ2n) is 4.93. The first-order valence-corrected chi connectivity index (χ1v) is 6.65. The third kappa shape index (κ3) is 3.96. The molecule has 0 aromatic heterocycles. The maximum atomic E-state index is 12.1. The number of carbonyl (C=O) groups excluding carboxylic acids is 1. The van der Waals surface area contributed by atoms with Crippen molar-refractivity contribution >= 4 is 11.6 Å². The van der Waals surface area contributed by atoms with E-state index in [-0.39, 0.29) is 5.91 Å². The Morgan fingerprint density at radius 2 is 2.11 bits per heavy atom. The lowest BCUT2D eigenvalue weighted by molar-refractivity contribution is -0.118. The number of hydrogen-bond donors (Lipinski definition) is 1. The molecule has 106 valence electrons. The summed E-state index contributed by atoms with van der Waals surface area (Å²) < 4.78 is 5.34. The minimum Gasteiger partial charge on any atom is -0.495 e. The van der Waals surface area contributed by atoms with Gasteiger partial charge in [-0.1, -0.05) is 19.9 Å². The number of rotatable bonds is 6. The largest absolute Gasteiger partial charge is 0.495 e. The fourth-order valence-electron chi connectivity index (χ4n) is 1.88. The van der Waals surface area contributed by atoms with Crippen LogP contribution in [-0.2, 0) is 4.79 Å². The van der Waals surface area contributed by atoms with Gasteiger partial charge in [-0.3, -0.25) is 4.79 Å². The summed E-state index contributed by atoms with van der Waals surface area (Å²) in [5.74, 6) is 1.19. The molecule has 0 fully saturated rings. The molecular weight excluding hydrogens is 240 g/mol. The number of carbonyl (C=O) groups is 1. The van der Waals surface area contributed by atoms with Gasteiger partial charge in [0.05, 0.1) is 12.8 Å². The van der Waals surface area contributed by atoms with Crippen LogP contribution in [0.1, 0.15) is 38.2 Å². The molecule has 0 heterocycles. The van der Waals surface area contributed by atoms with Crippen LogP contribution in [0.2, 0.25) is 0 Å². The highest BCUT2D eigenvalue weighted by atomic mass is 16.5. The van der Waals surface area contributed by atoms with Crippen molar-refractivity contribution < 1.29 is 9.53 Å². The van der Waals surface area contributed by atoms with E-state index in [2.05, 4.69) is 13.8 Å². The standard InChI is InChI=1S/C15H24N2O2/c1-11(2)12-7-8-14(19-4)13(10-12)17(3)15(18)6-5-9-16/h7-8,10-11H,5-6,9,16H2,1-4H3. The highest BCUT2D eigenvalue weighted by molar-refractivity contribution is 5.94. The zero-order chi connectivity index (χ0) is 14.4. The van der Waals surface area contributed by atoms with E-state index >= 15 is 0 Å². The molecule has 0 aliphatic heterocycles. The van der Waals surface area contributed by atoms with Crippen molar-refractivity contribution in [3.8, 4) is 5.75 Å². The summed E-state index contributed by atoms with van der Waals surface area (Å²) in [6.07, 6.45) is 1.16. The molecule has 4 nitrogen and oxygen atoms in total. The molecule has 0 saturated heterocycles. The van der Waals surface area contributed by atoms with E-state index in [9.17, 15) is 4.79 Å². The summed E-state index contributed by atoms with van der Waals surface area (Å²) in [7, 11) is 3.40. The number of amides is 1. The van der Waals surface area contributed by atoms with E-state index in [1.165, 1.54) is 5.56 Å². The number of ether oxygens (including phenoxy) is 1. The topological polar surface area (TPSA) is 55.6 Å². The SMILES string of the molecule is COc1ccc(C(C)C)cc1N(C)C(=O)CCCN. The summed E-state index contributed by atoms with van der Waals surface area (Å²) >= 11 is 0. The molecule has 0 unspecified atom stereocenters. The monoisotopic (exact) mass is 264 g/mol. The maximum absolute atomic E-state index is 12.1. The highest BCUT2D eigenvalue weighted by Gasteiger charge is 2.16. The summed E-state index contributed by atoms with van der Waals surface area (Å²) in [6.45, 7) is 4.78. The van der Waals surface area contributed by atoms with Crippen molar-refractivity contribution in [2.24, 2.45) is 5.73 Å². The van der Waals surface area contributed by atoms with Gasteiger partial charge in [-0.15, -0.1) is 0 Å². The quantitative estimate of drug-likeness (QED) is 0.859. The predicted molar refractivity (Wildman–Crippen MR) is 78.8 cm³/mol. The fourth-order valence-corrected chi connectivity index (χ4v) is 1.88. The van der Waals surface area contributed by atoms with E-state index < -0.39 is 0 Å². The van der Waals surface area contributed by atoms with Crippen molar-refractivity contribution in [3.05, 3.63) is 23.8 Å². The first kappa shape index (κ1) is 15.5. The fraction of sp³-hybridized carbons (Fsp3) is 0.533. The molecule has 1 aromatic carbocycles. The van der Waals surface area contributed by atoms with Crippen LogP contribution in [0.5, 0.6) is 5.75 Å². The average molecular weight is 264 g/mol. The Labute approximate surface area is 115 Å². The minimum absolute atomic E-state index is 0.0599. The average Bonchev–Trinajstić information content (AvgIpc) is 2.42. The van der Waals surface area contributed by atoms with Crippen LogP contribution >= 0.6 is 0 Å². The molecule has 0 aliphatic rings. The molecule has 1 rings (SSSR count). The van der Waals surface area contributed by atoms with Gasteiger partial charge >= 0.3 is 0 Å². The molecular formula is C15H24N2O2. The molecule has 19 heavy (non-hydrogen) atoms. The Morgan fingerprint density at radius 1 is 1.42 bits per heavy atom. The van der Waals surface area contributed by atoms with Crippen LogP contribution in [0.4, 0.5) is 5.69 Å². The third-order valence-electron chi connectivity index (χ3n) is 3.20. The van der Waals surface area contributed by atoms with Crippen LogP contribution in [0, 0.1) is 0 Å². The number of anilines is 1. The molecule has 4 heteroatoms. The van der Waals surface area contributed by atoms with Crippen molar-refractivity contribution in [2.45, 2.75) is 32.6 Å².